The van der Waals surface area contributed by atoms with Crippen molar-refractivity contribution in [1.29, 1.82) is 0 Å². The molecular weight excluding hydrogens is 272 g/mol. The highest BCUT2D eigenvalue weighted by molar-refractivity contribution is 6.06. The summed E-state index contributed by atoms with van der Waals surface area (Å²) in [5.41, 5.74) is 5.63. The maximum Gasteiger partial charge on any atom is 0.256 e. The minimum absolute atomic E-state index is 0.0786. The van der Waals surface area contributed by atoms with Gasteiger partial charge in [0, 0.05) is 18.4 Å². The van der Waals surface area contributed by atoms with E-state index in [4.69, 9.17) is 5.73 Å². The Morgan fingerprint density at radius 3 is 2.90 bits per heavy atom. The second-order valence-corrected chi connectivity index (χ2v) is 5.52. The summed E-state index contributed by atoms with van der Waals surface area (Å²) in [4.78, 5) is 25.4. The number of primary amides is 1. The first-order chi connectivity index (χ1) is 9.90. The van der Waals surface area contributed by atoms with Gasteiger partial charge in [-0.1, -0.05) is 0 Å². The van der Waals surface area contributed by atoms with Crippen LogP contribution in [0.3, 0.4) is 0 Å². The summed E-state index contributed by atoms with van der Waals surface area (Å²) >= 11 is 0. The largest absolute Gasteiger partial charge is 0.378 e. The van der Waals surface area contributed by atoms with Gasteiger partial charge in [-0.3, -0.25) is 14.7 Å². The van der Waals surface area contributed by atoms with Crippen LogP contribution in [0.15, 0.2) is 18.3 Å². The zero-order valence-electron chi connectivity index (χ0n) is 11.6. The number of aromatic nitrogens is 2. The number of hydrogen-bond donors (Lipinski definition) is 3. The quantitative estimate of drug-likeness (QED) is 0.718. The molecule has 2 amide bonds. The summed E-state index contributed by atoms with van der Waals surface area (Å²) in [6.45, 7) is 2.11. The Hall–Kier alpha value is -2.41. The molecule has 2 aromatic rings. The maximum atomic E-state index is 12.6. The first-order valence-corrected chi connectivity index (χ1v) is 6.66. The zero-order valence-corrected chi connectivity index (χ0v) is 11.6. The molecule has 7 heteroatoms. The van der Waals surface area contributed by atoms with Crippen LogP contribution in [-0.4, -0.2) is 50.7 Å². The predicted octanol–water partition coefficient (Wildman–Crippen LogP) is -0.0664. The molecule has 1 aromatic carbocycles. The highest BCUT2D eigenvalue weighted by Crippen LogP contribution is 2.25. The van der Waals surface area contributed by atoms with Crippen LogP contribution in [0.25, 0.3) is 10.9 Å². The molecule has 1 aromatic heterocycles. The van der Waals surface area contributed by atoms with Gasteiger partial charge in [-0.2, -0.15) is 5.10 Å². The van der Waals surface area contributed by atoms with Gasteiger partial charge in [0.1, 0.15) is 0 Å². The fraction of sp³-hybridized carbons (Fsp3) is 0.357. The molecule has 7 nitrogen and oxygen atoms in total. The number of nitrogens with zero attached hydrogens (tertiary/aromatic N) is 2. The molecule has 21 heavy (non-hydrogen) atoms. The van der Waals surface area contributed by atoms with E-state index >= 15 is 0 Å². The molecule has 0 saturated carbocycles. The van der Waals surface area contributed by atoms with Crippen molar-refractivity contribution >= 4 is 22.7 Å². The third-order valence-electron chi connectivity index (χ3n) is 3.92. The van der Waals surface area contributed by atoms with Crippen LogP contribution in [0.2, 0.25) is 0 Å². The van der Waals surface area contributed by atoms with E-state index in [1.807, 2.05) is 13.0 Å². The predicted molar refractivity (Wildman–Crippen MR) is 75.5 cm³/mol. The summed E-state index contributed by atoms with van der Waals surface area (Å²) < 4.78 is 0. The number of aryl methyl sites for hydroxylation is 1. The Bertz CT molecular complexity index is 739. The van der Waals surface area contributed by atoms with E-state index in [2.05, 4.69) is 10.2 Å². The molecule has 1 saturated heterocycles. The highest BCUT2D eigenvalue weighted by atomic mass is 16.3. The first-order valence-electron chi connectivity index (χ1n) is 6.66. The summed E-state index contributed by atoms with van der Waals surface area (Å²) in [5.74, 6) is -1.04. The van der Waals surface area contributed by atoms with Crippen molar-refractivity contribution in [3.8, 4) is 0 Å². The van der Waals surface area contributed by atoms with Gasteiger partial charge in [0.25, 0.3) is 11.8 Å². The van der Waals surface area contributed by atoms with Gasteiger partial charge in [0.05, 0.1) is 23.8 Å². The third kappa shape index (κ3) is 2.15. The molecule has 1 fully saturated rings. The van der Waals surface area contributed by atoms with Crippen molar-refractivity contribution in [2.45, 2.75) is 18.9 Å². The molecule has 4 N–H and O–H groups in total. The molecule has 0 radical (unpaired) electrons. The SMILES string of the molecule is Cc1cc(C(=O)N2CCC(O)(C(N)=O)C2)c2[nH]ncc2c1. The average Bonchev–Trinajstić information content (AvgIpc) is 3.04. The van der Waals surface area contributed by atoms with Crippen LogP contribution in [0.5, 0.6) is 0 Å². The fourth-order valence-electron chi connectivity index (χ4n) is 2.71. The number of aromatic amines is 1. The van der Waals surface area contributed by atoms with Crippen molar-refractivity contribution in [2.75, 3.05) is 13.1 Å². The Balaban J connectivity index is 1.95. The topological polar surface area (TPSA) is 112 Å². The van der Waals surface area contributed by atoms with Gasteiger partial charge in [-0.25, -0.2) is 0 Å². The number of rotatable bonds is 2. The van der Waals surface area contributed by atoms with E-state index in [0.29, 0.717) is 17.6 Å². The van der Waals surface area contributed by atoms with Crippen LogP contribution in [0, 0.1) is 6.92 Å². The number of fused-ring (bicyclic) bond motifs is 1. The smallest absolute Gasteiger partial charge is 0.256 e. The number of carbonyl (C=O) groups excluding carboxylic acids is 2. The highest BCUT2D eigenvalue weighted by Gasteiger charge is 2.43. The van der Waals surface area contributed by atoms with Crippen molar-refractivity contribution in [1.82, 2.24) is 15.1 Å². The lowest BCUT2D eigenvalue weighted by atomic mass is 10.0. The second-order valence-electron chi connectivity index (χ2n) is 5.52. The molecule has 1 atom stereocenters. The molecular formula is C14H16N4O3. The van der Waals surface area contributed by atoms with Crippen LogP contribution in [0.1, 0.15) is 22.3 Å². The molecule has 1 aliphatic rings. The fourth-order valence-corrected chi connectivity index (χ4v) is 2.71. The van der Waals surface area contributed by atoms with Gasteiger partial charge in [-0.05, 0) is 24.6 Å². The molecule has 1 unspecified atom stereocenters. The Morgan fingerprint density at radius 2 is 2.24 bits per heavy atom. The van der Waals surface area contributed by atoms with Gasteiger partial charge in [-0.15, -0.1) is 0 Å². The summed E-state index contributed by atoms with van der Waals surface area (Å²) in [5, 5.41) is 17.7. The molecule has 0 aliphatic carbocycles. The lowest BCUT2D eigenvalue weighted by molar-refractivity contribution is -0.134. The van der Waals surface area contributed by atoms with Crippen LogP contribution in [0.4, 0.5) is 0 Å². The number of β-amino-alcohol motifs (C(OH)–C–C–N with tert-alkyl or cyclic N) is 1. The number of nitrogens with one attached hydrogen (secondary N) is 1. The third-order valence-corrected chi connectivity index (χ3v) is 3.92. The molecule has 3 rings (SSSR count). The standard InChI is InChI=1S/C14H16N4O3/c1-8-4-9-6-16-17-11(9)10(5-8)12(19)18-3-2-14(21,7-18)13(15)20/h4-6,21H,2-3,7H2,1H3,(H2,15,20)(H,16,17). The lowest BCUT2D eigenvalue weighted by Crippen LogP contribution is -2.46. The van der Waals surface area contributed by atoms with Crippen molar-refractivity contribution < 1.29 is 14.7 Å². The normalized spacial score (nSPS) is 21.9. The summed E-state index contributed by atoms with van der Waals surface area (Å²) in [7, 11) is 0. The first kappa shape index (κ1) is 13.6. The van der Waals surface area contributed by atoms with Crippen LogP contribution < -0.4 is 5.73 Å². The zero-order chi connectivity index (χ0) is 15.2. The average molecular weight is 288 g/mol. The minimum atomic E-state index is -1.63. The number of likely N-dealkylation sites (tertiary alicyclic amines) is 1. The maximum absolute atomic E-state index is 12.6. The number of carbonyl (C=O) groups is 2. The van der Waals surface area contributed by atoms with Crippen molar-refractivity contribution in [3.63, 3.8) is 0 Å². The van der Waals surface area contributed by atoms with Gasteiger partial charge < -0.3 is 15.7 Å². The monoisotopic (exact) mass is 288 g/mol. The lowest BCUT2D eigenvalue weighted by Gasteiger charge is -2.20. The Kier molecular flexibility index (Phi) is 2.94. The Morgan fingerprint density at radius 1 is 1.48 bits per heavy atom. The molecule has 1 aliphatic heterocycles. The van der Waals surface area contributed by atoms with Crippen LogP contribution >= 0.6 is 0 Å². The molecule has 0 bridgehead atoms. The number of benzene rings is 1. The number of amides is 2. The van der Waals surface area contributed by atoms with Gasteiger partial charge in [0.2, 0.25) is 0 Å². The van der Waals surface area contributed by atoms with Gasteiger partial charge >= 0.3 is 0 Å². The Labute approximate surface area is 120 Å². The van der Waals surface area contributed by atoms with E-state index in [0.717, 1.165) is 10.9 Å². The van der Waals surface area contributed by atoms with E-state index < -0.39 is 11.5 Å². The van der Waals surface area contributed by atoms with E-state index in [9.17, 15) is 14.7 Å². The van der Waals surface area contributed by atoms with E-state index in [1.165, 1.54) is 4.90 Å². The number of nitrogens with two attached hydrogens (primary N) is 1. The van der Waals surface area contributed by atoms with Crippen molar-refractivity contribution in [2.24, 2.45) is 5.73 Å². The van der Waals surface area contributed by atoms with E-state index in [1.54, 1.807) is 12.3 Å². The summed E-state index contributed by atoms with van der Waals surface area (Å²) in [6, 6.07) is 3.70. The number of aliphatic hydroxyl groups is 1. The minimum Gasteiger partial charge on any atom is -0.378 e. The second kappa shape index (κ2) is 4.56. The van der Waals surface area contributed by atoms with E-state index in [-0.39, 0.29) is 18.9 Å². The van der Waals surface area contributed by atoms with Crippen LogP contribution in [-0.2, 0) is 4.79 Å². The molecule has 2 heterocycles. The number of H-pyrrole nitrogens is 1. The van der Waals surface area contributed by atoms with Crippen molar-refractivity contribution in [3.05, 3.63) is 29.5 Å². The molecule has 0 spiro atoms. The van der Waals surface area contributed by atoms with Gasteiger partial charge in [0.15, 0.2) is 5.60 Å². The molecule has 110 valence electrons. The number of hydrogen-bond acceptors (Lipinski definition) is 4. The summed E-state index contributed by atoms with van der Waals surface area (Å²) in [6.07, 6.45) is 1.81.